The molecule has 0 saturated heterocycles. The molecule has 0 radical (unpaired) electrons. The first-order valence-electron chi connectivity index (χ1n) is 13.0. The Kier molecular flexibility index (Phi) is 8.12. The number of amides is 3. The summed E-state index contributed by atoms with van der Waals surface area (Å²) in [5.41, 5.74) is 11.1. The van der Waals surface area contributed by atoms with Crippen molar-refractivity contribution in [1.82, 2.24) is 10.2 Å². The highest BCUT2D eigenvalue weighted by Crippen LogP contribution is 2.29. The highest BCUT2D eigenvalue weighted by Gasteiger charge is 2.33. The van der Waals surface area contributed by atoms with Crippen LogP contribution in [-0.2, 0) is 17.8 Å². The van der Waals surface area contributed by atoms with Gasteiger partial charge in [-0.15, -0.1) is 0 Å². The second-order valence-corrected chi connectivity index (χ2v) is 10.6. The Balaban J connectivity index is 1.31. The molecule has 1 aliphatic carbocycles. The maximum absolute atomic E-state index is 13.2. The number of anilines is 2. The van der Waals surface area contributed by atoms with E-state index in [0.717, 1.165) is 35.1 Å². The molecule has 204 valence electrons. The van der Waals surface area contributed by atoms with Gasteiger partial charge in [-0.25, -0.2) is 4.79 Å². The molecular weight excluding hydrogens is 524 g/mol. The lowest BCUT2D eigenvalue weighted by molar-refractivity contribution is -0.126. The third-order valence-electron chi connectivity index (χ3n) is 6.85. The summed E-state index contributed by atoms with van der Waals surface area (Å²) < 4.78 is 0. The number of nitrogen functional groups attached to an aromatic ring is 1. The summed E-state index contributed by atoms with van der Waals surface area (Å²) in [6.45, 7) is 0.0886. The van der Waals surface area contributed by atoms with Crippen LogP contribution < -0.4 is 16.4 Å². The average Bonchev–Trinajstić information content (AvgIpc) is 3.60. The number of nitrogens with zero attached hydrogens (tertiary/aromatic N) is 1. The van der Waals surface area contributed by atoms with Crippen LogP contribution in [0.2, 0.25) is 0 Å². The third-order valence-corrected chi connectivity index (χ3v) is 7.53. The molecule has 1 saturated carbocycles. The van der Waals surface area contributed by atoms with Crippen molar-refractivity contribution >= 4 is 40.6 Å². The number of nitrogens with two attached hydrogens (primary N) is 1. The van der Waals surface area contributed by atoms with Crippen LogP contribution in [0.4, 0.5) is 16.2 Å². The van der Waals surface area contributed by atoms with Gasteiger partial charge in [-0.2, -0.15) is 11.3 Å². The zero-order chi connectivity index (χ0) is 28.1. The van der Waals surface area contributed by atoms with Gasteiger partial charge in [0.25, 0.3) is 5.91 Å². The molecule has 0 bridgehead atoms. The molecule has 0 aliphatic heterocycles. The Hall–Kier alpha value is -4.63. The fourth-order valence-corrected chi connectivity index (χ4v) is 5.11. The fraction of sp³-hybridized carbons (Fsp3) is 0.194. The van der Waals surface area contributed by atoms with E-state index in [1.807, 2.05) is 59.3 Å². The van der Waals surface area contributed by atoms with Crippen molar-refractivity contribution in [2.75, 3.05) is 11.1 Å². The molecule has 1 fully saturated rings. The Morgan fingerprint density at radius 1 is 0.950 bits per heavy atom. The van der Waals surface area contributed by atoms with E-state index in [1.54, 1.807) is 41.7 Å². The van der Waals surface area contributed by atoms with Crippen molar-refractivity contribution in [2.45, 2.75) is 37.9 Å². The van der Waals surface area contributed by atoms with Gasteiger partial charge in [0.1, 0.15) is 6.04 Å². The molecule has 1 aliphatic rings. The highest BCUT2D eigenvalue weighted by atomic mass is 32.1. The van der Waals surface area contributed by atoms with Gasteiger partial charge in [0.05, 0.1) is 11.4 Å². The number of hydrogen-bond acceptors (Lipinski definition) is 5. The van der Waals surface area contributed by atoms with E-state index in [1.165, 1.54) is 4.90 Å². The van der Waals surface area contributed by atoms with Crippen molar-refractivity contribution in [2.24, 2.45) is 0 Å². The molecule has 1 atom stereocenters. The summed E-state index contributed by atoms with van der Waals surface area (Å²) in [5, 5.41) is 19.9. The Morgan fingerprint density at radius 2 is 1.70 bits per heavy atom. The van der Waals surface area contributed by atoms with Crippen molar-refractivity contribution in [3.05, 3.63) is 106 Å². The number of hydrogen-bond donors (Lipinski definition) is 4. The van der Waals surface area contributed by atoms with Crippen LogP contribution in [0.25, 0.3) is 11.1 Å². The molecule has 3 amide bonds. The standard InChI is InChI=1S/C31H30N4O4S/c32-26-13-10-23(24-14-15-40-19-24)17-27(26)34-29(36)22-8-6-20(7-9-22)16-28(30(37)33-25-11-12-25)35(31(38)39)18-21-4-2-1-3-5-21/h1-10,13-15,17,19,25,28H,11-12,16,18,32H2,(H,33,37)(H,34,36)(H,38,39)/t28-/m0/s1. The van der Waals surface area contributed by atoms with E-state index in [2.05, 4.69) is 10.6 Å². The van der Waals surface area contributed by atoms with Gasteiger partial charge < -0.3 is 21.5 Å². The van der Waals surface area contributed by atoms with Crippen LogP contribution in [0.1, 0.15) is 34.3 Å². The SMILES string of the molecule is Nc1ccc(-c2ccsc2)cc1NC(=O)c1ccc(C[C@@H](C(=O)NC2CC2)N(Cc2ccccc2)C(=O)O)cc1. The number of carbonyl (C=O) groups is 3. The molecule has 40 heavy (non-hydrogen) atoms. The van der Waals surface area contributed by atoms with E-state index in [4.69, 9.17) is 5.73 Å². The second-order valence-electron chi connectivity index (χ2n) is 9.86. The van der Waals surface area contributed by atoms with Gasteiger partial charge in [-0.05, 0) is 76.2 Å². The molecule has 4 aromatic rings. The fourth-order valence-electron chi connectivity index (χ4n) is 4.44. The van der Waals surface area contributed by atoms with Gasteiger partial charge in [0.15, 0.2) is 0 Å². The predicted molar refractivity (Wildman–Crippen MR) is 157 cm³/mol. The Labute approximate surface area is 236 Å². The molecule has 5 rings (SSSR count). The summed E-state index contributed by atoms with van der Waals surface area (Å²) >= 11 is 1.59. The van der Waals surface area contributed by atoms with E-state index in [9.17, 15) is 19.5 Å². The number of rotatable bonds is 10. The third kappa shape index (κ3) is 6.68. The average molecular weight is 555 g/mol. The maximum Gasteiger partial charge on any atom is 0.408 e. The van der Waals surface area contributed by atoms with E-state index >= 15 is 0 Å². The number of benzene rings is 3. The molecule has 0 spiro atoms. The minimum Gasteiger partial charge on any atom is -0.465 e. The lowest BCUT2D eigenvalue weighted by atomic mass is 10.0. The van der Waals surface area contributed by atoms with E-state index < -0.39 is 12.1 Å². The zero-order valence-corrected chi connectivity index (χ0v) is 22.6. The monoisotopic (exact) mass is 554 g/mol. The van der Waals surface area contributed by atoms with Gasteiger partial charge in [-0.1, -0.05) is 48.5 Å². The largest absolute Gasteiger partial charge is 0.465 e. The van der Waals surface area contributed by atoms with Crippen LogP contribution in [0.5, 0.6) is 0 Å². The number of nitrogens with one attached hydrogen (secondary N) is 2. The minimum absolute atomic E-state index is 0.0886. The lowest BCUT2D eigenvalue weighted by Gasteiger charge is -2.29. The molecule has 1 heterocycles. The minimum atomic E-state index is -1.17. The van der Waals surface area contributed by atoms with Gasteiger partial charge in [-0.3, -0.25) is 14.5 Å². The number of carboxylic acid groups (broad SMARTS) is 1. The summed E-state index contributed by atoms with van der Waals surface area (Å²) in [7, 11) is 0. The predicted octanol–water partition coefficient (Wildman–Crippen LogP) is 5.62. The number of carbonyl (C=O) groups excluding carboxylic acids is 2. The first kappa shape index (κ1) is 27.0. The van der Waals surface area contributed by atoms with E-state index in [-0.39, 0.29) is 30.8 Å². The van der Waals surface area contributed by atoms with Crippen LogP contribution >= 0.6 is 11.3 Å². The summed E-state index contributed by atoms with van der Waals surface area (Å²) in [4.78, 5) is 39.6. The Bertz CT molecular complexity index is 1490. The van der Waals surface area contributed by atoms with Gasteiger partial charge >= 0.3 is 6.09 Å². The molecule has 0 unspecified atom stereocenters. The van der Waals surface area contributed by atoms with E-state index in [0.29, 0.717) is 16.9 Å². The Morgan fingerprint density at radius 3 is 2.35 bits per heavy atom. The smallest absolute Gasteiger partial charge is 0.408 e. The second kappa shape index (κ2) is 12.0. The van der Waals surface area contributed by atoms with Crippen molar-refractivity contribution in [3.8, 4) is 11.1 Å². The van der Waals surface area contributed by atoms with Crippen molar-refractivity contribution < 1.29 is 19.5 Å². The van der Waals surface area contributed by atoms with Crippen LogP contribution in [-0.4, -0.2) is 40.0 Å². The molecule has 5 N–H and O–H groups in total. The van der Waals surface area contributed by atoms with Gasteiger partial charge in [0.2, 0.25) is 5.91 Å². The van der Waals surface area contributed by atoms with Crippen LogP contribution in [0.15, 0.2) is 89.6 Å². The van der Waals surface area contributed by atoms with Crippen molar-refractivity contribution in [3.63, 3.8) is 0 Å². The first-order chi connectivity index (χ1) is 19.4. The van der Waals surface area contributed by atoms with Crippen LogP contribution in [0, 0.1) is 0 Å². The summed E-state index contributed by atoms with van der Waals surface area (Å²) in [6.07, 6.45) is 0.802. The topological polar surface area (TPSA) is 125 Å². The van der Waals surface area contributed by atoms with Crippen LogP contribution in [0.3, 0.4) is 0 Å². The highest BCUT2D eigenvalue weighted by molar-refractivity contribution is 7.08. The summed E-state index contributed by atoms with van der Waals surface area (Å²) in [6, 6.07) is 22.7. The number of thiophene rings is 1. The zero-order valence-electron chi connectivity index (χ0n) is 21.7. The maximum atomic E-state index is 13.2. The first-order valence-corrected chi connectivity index (χ1v) is 14.0. The summed E-state index contributed by atoms with van der Waals surface area (Å²) in [5.74, 6) is -0.636. The molecule has 9 heteroatoms. The van der Waals surface area contributed by atoms with Crippen molar-refractivity contribution in [1.29, 1.82) is 0 Å². The normalized spacial score (nSPS) is 13.3. The molecular formula is C31H30N4O4S. The molecule has 8 nitrogen and oxygen atoms in total. The lowest BCUT2D eigenvalue weighted by Crippen LogP contribution is -2.50. The quantitative estimate of drug-likeness (QED) is 0.189. The molecule has 3 aromatic carbocycles. The van der Waals surface area contributed by atoms with Gasteiger partial charge in [0, 0.05) is 24.6 Å². The molecule has 1 aromatic heterocycles.